The van der Waals surface area contributed by atoms with Crippen LogP contribution in [0.25, 0.3) is 0 Å². The second-order valence-corrected chi connectivity index (χ2v) is 7.78. The fourth-order valence-corrected chi connectivity index (χ4v) is 3.10. The van der Waals surface area contributed by atoms with E-state index >= 15 is 0 Å². The molecule has 0 bridgehead atoms. The van der Waals surface area contributed by atoms with Crippen molar-refractivity contribution in [2.75, 3.05) is 26.4 Å². The summed E-state index contributed by atoms with van der Waals surface area (Å²) in [6.45, 7) is 7.51. The van der Waals surface area contributed by atoms with Gasteiger partial charge in [-0.05, 0) is 50.8 Å². The average Bonchev–Trinajstić information content (AvgIpc) is 2.53. The van der Waals surface area contributed by atoms with Crippen LogP contribution in [0.1, 0.15) is 39.2 Å². The Morgan fingerprint density at radius 3 is 2.50 bits per heavy atom. The summed E-state index contributed by atoms with van der Waals surface area (Å²) in [5, 5.41) is 19.3. The molecule has 136 valence electrons. The molecule has 0 radical (unpaired) electrons. The van der Waals surface area contributed by atoms with Crippen LogP contribution >= 0.6 is 15.9 Å². The van der Waals surface area contributed by atoms with Gasteiger partial charge in [-0.25, -0.2) is 0 Å². The SMILES string of the molecule is CCC1(COc2c(O)cc(Br)cc2CCCO)COC(C)(C)OC1. The topological polar surface area (TPSA) is 68.2 Å². The number of rotatable bonds is 7. The third kappa shape index (κ3) is 4.85. The van der Waals surface area contributed by atoms with Gasteiger partial charge in [0.25, 0.3) is 0 Å². The third-order valence-electron chi connectivity index (χ3n) is 4.44. The Morgan fingerprint density at radius 2 is 1.92 bits per heavy atom. The minimum Gasteiger partial charge on any atom is -0.504 e. The lowest BCUT2D eigenvalue weighted by Gasteiger charge is -2.42. The van der Waals surface area contributed by atoms with Crippen molar-refractivity contribution < 1.29 is 24.4 Å². The van der Waals surface area contributed by atoms with Crippen LogP contribution in [0, 0.1) is 5.41 Å². The van der Waals surface area contributed by atoms with E-state index in [2.05, 4.69) is 22.9 Å². The van der Waals surface area contributed by atoms with Crippen LogP contribution in [0.3, 0.4) is 0 Å². The zero-order chi connectivity index (χ0) is 17.8. The zero-order valence-electron chi connectivity index (χ0n) is 14.6. The first kappa shape index (κ1) is 19.5. The van der Waals surface area contributed by atoms with Gasteiger partial charge in [0.05, 0.1) is 25.2 Å². The van der Waals surface area contributed by atoms with Gasteiger partial charge in [0.15, 0.2) is 17.3 Å². The van der Waals surface area contributed by atoms with Crippen LogP contribution in [0.2, 0.25) is 0 Å². The zero-order valence-corrected chi connectivity index (χ0v) is 16.2. The number of aliphatic hydroxyl groups excluding tert-OH is 1. The monoisotopic (exact) mass is 402 g/mol. The van der Waals surface area contributed by atoms with Gasteiger partial charge in [0, 0.05) is 11.1 Å². The Labute approximate surface area is 152 Å². The van der Waals surface area contributed by atoms with E-state index in [9.17, 15) is 5.11 Å². The Bertz CT molecular complexity index is 549. The maximum Gasteiger partial charge on any atom is 0.164 e. The van der Waals surface area contributed by atoms with E-state index in [4.69, 9.17) is 19.3 Å². The number of ether oxygens (including phenoxy) is 3. The number of aromatic hydroxyl groups is 1. The molecule has 1 aliphatic heterocycles. The summed E-state index contributed by atoms with van der Waals surface area (Å²) in [6, 6.07) is 3.54. The Kier molecular flexibility index (Phi) is 6.53. The van der Waals surface area contributed by atoms with Crippen molar-refractivity contribution in [2.24, 2.45) is 5.41 Å². The maximum atomic E-state index is 10.3. The predicted molar refractivity (Wildman–Crippen MR) is 95.4 cm³/mol. The van der Waals surface area contributed by atoms with Crippen molar-refractivity contribution in [1.82, 2.24) is 0 Å². The number of aliphatic hydroxyl groups is 1. The molecule has 0 aromatic heterocycles. The largest absolute Gasteiger partial charge is 0.504 e. The standard InChI is InChI=1S/C18H27BrO5/c1-4-18(11-23-17(2,3)24-12-18)10-22-16-13(6-5-7-20)8-14(19)9-15(16)21/h8-9,20-21H,4-7,10-12H2,1-3H3. The van der Waals surface area contributed by atoms with Crippen LogP contribution in [0.15, 0.2) is 16.6 Å². The summed E-state index contributed by atoms with van der Waals surface area (Å²) in [7, 11) is 0. The van der Waals surface area contributed by atoms with Crippen molar-refractivity contribution in [2.45, 2.75) is 45.8 Å². The van der Waals surface area contributed by atoms with Gasteiger partial charge < -0.3 is 24.4 Å². The highest BCUT2D eigenvalue weighted by molar-refractivity contribution is 9.10. The molecule has 1 fully saturated rings. The molecule has 1 aliphatic rings. The van der Waals surface area contributed by atoms with E-state index < -0.39 is 5.79 Å². The summed E-state index contributed by atoms with van der Waals surface area (Å²) in [5.74, 6) is 0.0101. The molecule has 6 heteroatoms. The third-order valence-corrected chi connectivity index (χ3v) is 4.90. The van der Waals surface area contributed by atoms with Crippen LogP contribution in [-0.2, 0) is 15.9 Å². The van der Waals surface area contributed by atoms with Crippen LogP contribution in [0.5, 0.6) is 11.5 Å². The molecule has 24 heavy (non-hydrogen) atoms. The number of benzene rings is 1. The summed E-state index contributed by atoms with van der Waals surface area (Å²) in [6.07, 6.45) is 2.11. The van der Waals surface area contributed by atoms with Gasteiger partial charge in [-0.2, -0.15) is 0 Å². The minimum atomic E-state index is -0.565. The van der Waals surface area contributed by atoms with Crippen LogP contribution in [-0.4, -0.2) is 42.4 Å². The Morgan fingerprint density at radius 1 is 1.25 bits per heavy atom. The summed E-state index contributed by atoms with van der Waals surface area (Å²) in [4.78, 5) is 0. The maximum absolute atomic E-state index is 10.3. The van der Waals surface area contributed by atoms with Gasteiger partial charge in [-0.15, -0.1) is 0 Å². The molecule has 1 saturated heterocycles. The van der Waals surface area contributed by atoms with Crippen LogP contribution < -0.4 is 4.74 Å². The molecule has 2 rings (SSSR count). The van der Waals surface area contributed by atoms with Gasteiger partial charge in [-0.3, -0.25) is 0 Å². The van der Waals surface area contributed by atoms with E-state index in [1.54, 1.807) is 6.07 Å². The summed E-state index contributed by atoms with van der Waals surface area (Å²) < 4.78 is 18.4. The van der Waals surface area contributed by atoms with Crippen molar-refractivity contribution in [1.29, 1.82) is 0 Å². The lowest BCUT2D eigenvalue weighted by atomic mass is 9.87. The van der Waals surface area contributed by atoms with Gasteiger partial charge in [0.1, 0.15) is 0 Å². The summed E-state index contributed by atoms with van der Waals surface area (Å²) >= 11 is 3.39. The molecule has 0 atom stereocenters. The Hall–Kier alpha value is -0.820. The van der Waals surface area contributed by atoms with Crippen molar-refractivity contribution in [3.8, 4) is 11.5 Å². The van der Waals surface area contributed by atoms with Gasteiger partial charge in [-0.1, -0.05) is 22.9 Å². The average molecular weight is 403 g/mol. The second kappa shape index (κ2) is 8.04. The van der Waals surface area contributed by atoms with Gasteiger partial charge in [0.2, 0.25) is 0 Å². The molecule has 1 aromatic carbocycles. The summed E-state index contributed by atoms with van der Waals surface area (Å²) in [5.41, 5.74) is 0.642. The second-order valence-electron chi connectivity index (χ2n) is 6.86. The molecule has 0 saturated carbocycles. The first-order valence-electron chi connectivity index (χ1n) is 8.34. The number of phenols is 1. The van der Waals surface area contributed by atoms with E-state index in [0.29, 0.717) is 38.4 Å². The smallest absolute Gasteiger partial charge is 0.164 e. The van der Waals surface area contributed by atoms with E-state index in [1.807, 2.05) is 19.9 Å². The number of hydrogen-bond acceptors (Lipinski definition) is 5. The fraction of sp³-hybridized carbons (Fsp3) is 0.667. The molecule has 0 aliphatic carbocycles. The van der Waals surface area contributed by atoms with Crippen molar-refractivity contribution in [3.63, 3.8) is 0 Å². The number of phenolic OH excluding ortho intramolecular Hbond substituents is 1. The first-order chi connectivity index (χ1) is 11.3. The van der Waals surface area contributed by atoms with E-state index in [0.717, 1.165) is 16.5 Å². The van der Waals surface area contributed by atoms with Gasteiger partial charge >= 0.3 is 0 Å². The van der Waals surface area contributed by atoms with E-state index in [-0.39, 0.29) is 17.8 Å². The van der Waals surface area contributed by atoms with Crippen molar-refractivity contribution >= 4 is 15.9 Å². The highest BCUT2D eigenvalue weighted by atomic mass is 79.9. The number of halogens is 1. The molecule has 1 heterocycles. The fourth-order valence-electron chi connectivity index (χ4n) is 2.61. The quantitative estimate of drug-likeness (QED) is 0.728. The molecular formula is C18H27BrO5. The molecule has 0 unspecified atom stereocenters. The highest BCUT2D eigenvalue weighted by Crippen LogP contribution is 2.38. The molecule has 0 spiro atoms. The molecule has 5 nitrogen and oxygen atoms in total. The molecular weight excluding hydrogens is 376 g/mol. The normalized spacial score (nSPS) is 19.2. The Balaban J connectivity index is 2.12. The minimum absolute atomic E-state index is 0.0987. The lowest BCUT2D eigenvalue weighted by molar-refractivity contribution is -0.289. The highest BCUT2D eigenvalue weighted by Gasteiger charge is 2.39. The lowest BCUT2D eigenvalue weighted by Crippen LogP contribution is -2.49. The first-order valence-corrected chi connectivity index (χ1v) is 9.13. The van der Waals surface area contributed by atoms with Crippen LogP contribution in [0.4, 0.5) is 0 Å². The molecule has 0 amide bonds. The molecule has 2 N–H and O–H groups in total. The molecule has 1 aromatic rings. The van der Waals surface area contributed by atoms with E-state index in [1.165, 1.54) is 0 Å². The predicted octanol–water partition coefficient (Wildman–Crippen LogP) is 3.64. The number of aryl methyl sites for hydroxylation is 1. The number of hydrogen-bond donors (Lipinski definition) is 2. The van der Waals surface area contributed by atoms with Crippen molar-refractivity contribution in [3.05, 3.63) is 22.2 Å².